The third-order valence-corrected chi connectivity index (χ3v) is 3.43. The Labute approximate surface area is 116 Å². The summed E-state index contributed by atoms with van der Waals surface area (Å²) in [4.78, 5) is 0. The molecule has 0 aliphatic carbocycles. The summed E-state index contributed by atoms with van der Waals surface area (Å²) < 4.78 is 28.6. The lowest BCUT2D eigenvalue weighted by Crippen LogP contribution is -2.09. The Hall–Kier alpha value is -1.75. The maximum atomic E-state index is 13.7. The number of aryl methyl sites for hydroxylation is 3. The number of aliphatic hydroxyl groups excluding tert-OH is 1. The van der Waals surface area contributed by atoms with Gasteiger partial charge in [-0.1, -0.05) is 6.92 Å². The van der Waals surface area contributed by atoms with Crippen molar-refractivity contribution in [3.8, 4) is 0 Å². The lowest BCUT2D eigenvalue weighted by molar-refractivity contribution is 0.170. The number of aromatic nitrogens is 2. The van der Waals surface area contributed by atoms with E-state index in [0.717, 1.165) is 23.9 Å². The molecule has 0 spiro atoms. The Bertz CT molecular complexity index is 623. The van der Waals surface area contributed by atoms with Crippen molar-refractivity contribution in [2.45, 2.75) is 32.8 Å². The second-order valence-corrected chi connectivity index (χ2v) is 4.95. The van der Waals surface area contributed by atoms with E-state index in [4.69, 9.17) is 0 Å². The third-order valence-electron chi connectivity index (χ3n) is 3.43. The molecule has 20 heavy (non-hydrogen) atoms. The highest BCUT2D eigenvalue weighted by Gasteiger charge is 2.17. The third kappa shape index (κ3) is 2.88. The summed E-state index contributed by atoms with van der Waals surface area (Å²) in [5.74, 6) is -1.33. The number of rotatable bonds is 4. The van der Waals surface area contributed by atoms with E-state index >= 15 is 0 Å². The molecule has 1 aromatic heterocycles. The van der Waals surface area contributed by atoms with Gasteiger partial charge in [0.25, 0.3) is 0 Å². The van der Waals surface area contributed by atoms with Crippen molar-refractivity contribution in [2.24, 2.45) is 7.05 Å². The molecule has 1 N–H and O–H groups in total. The number of aliphatic hydroxyl groups is 1. The van der Waals surface area contributed by atoms with E-state index in [1.54, 1.807) is 18.7 Å². The normalized spacial score (nSPS) is 12.7. The van der Waals surface area contributed by atoms with Crippen molar-refractivity contribution in [2.75, 3.05) is 0 Å². The van der Waals surface area contributed by atoms with Crippen molar-refractivity contribution >= 4 is 0 Å². The summed E-state index contributed by atoms with van der Waals surface area (Å²) in [5.41, 5.74) is 2.17. The zero-order valence-electron chi connectivity index (χ0n) is 11.8. The molecule has 0 radical (unpaired) electrons. The van der Waals surface area contributed by atoms with Gasteiger partial charge in [-0.05, 0) is 31.0 Å². The first-order valence-electron chi connectivity index (χ1n) is 6.57. The van der Waals surface area contributed by atoms with Crippen LogP contribution in [-0.2, 0) is 19.9 Å². The van der Waals surface area contributed by atoms with Gasteiger partial charge in [-0.25, -0.2) is 8.78 Å². The second kappa shape index (κ2) is 5.71. The zero-order valence-corrected chi connectivity index (χ0v) is 11.8. The number of nitrogens with zero attached hydrogens (tertiary/aromatic N) is 2. The van der Waals surface area contributed by atoms with E-state index in [0.29, 0.717) is 5.56 Å². The van der Waals surface area contributed by atoms with E-state index in [2.05, 4.69) is 5.10 Å². The average molecular weight is 280 g/mol. The fourth-order valence-corrected chi connectivity index (χ4v) is 2.18. The van der Waals surface area contributed by atoms with Gasteiger partial charge in [-0.15, -0.1) is 0 Å². The second-order valence-electron chi connectivity index (χ2n) is 4.95. The van der Waals surface area contributed by atoms with E-state index in [1.165, 1.54) is 6.07 Å². The van der Waals surface area contributed by atoms with Gasteiger partial charge < -0.3 is 5.11 Å². The first kappa shape index (κ1) is 14.7. The van der Waals surface area contributed by atoms with Gasteiger partial charge in [0, 0.05) is 30.8 Å². The molecule has 1 unspecified atom stereocenters. The van der Waals surface area contributed by atoms with Crippen LogP contribution in [-0.4, -0.2) is 14.9 Å². The van der Waals surface area contributed by atoms with Crippen LogP contribution in [0.4, 0.5) is 8.78 Å². The minimum atomic E-state index is -1.02. The predicted octanol–water partition coefficient (Wildman–Crippen LogP) is 2.85. The van der Waals surface area contributed by atoms with Gasteiger partial charge in [0.2, 0.25) is 0 Å². The molecule has 0 saturated carbocycles. The Morgan fingerprint density at radius 2 is 1.95 bits per heavy atom. The fourth-order valence-electron chi connectivity index (χ4n) is 2.18. The number of hydrogen-bond acceptors (Lipinski definition) is 2. The molecule has 108 valence electrons. The highest BCUT2D eigenvalue weighted by molar-refractivity contribution is 5.28. The quantitative estimate of drug-likeness (QED) is 0.935. The Morgan fingerprint density at radius 1 is 1.25 bits per heavy atom. The summed E-state index contributed by atoms with van der Waals surface area (Å²) in [6.07, 6.45) is 0.0220. The van der Waals surface area contributed by atoms with Crippen molar-refractivity contribution in [3.05, 3.63) is 52.3 Å². The fraction of sp³-hybridized carbons (Fsp3) is 0.400. The van der Waals surface area contributed by atoms with Gasteiger partial charge in [0.1, 0.15) is 11.6 Å². The zero-order chi connectivity index (χ0) is 14.9. The van der Waals surface area contributed by atoms with E-state index in [-0.39, 0.29) is 12.0 Å². The minimum Gasteiger partial charge on any atom is -0.388 e. The van der Waals surface area contributed by atoms with E-state index in [1.807, 2.05) is 13.0 Å². The molecule has 1 heterocycles. The molecule has 3 nitrogen and oxygen atoms in total. The molecule has 1 atom stereocenters. The van der Waals surface area contributed by atoms with Crippen molar-refractivity contribution < 1.29 is 13.9 Å². The summed E-state index contributed by atoms with van der Waals surface area (Å²) >= 11 is 0. The predicted molar refractivity (Wildman–Crippen MR) is 72.3 cm³/mol. The summed E-state index contributed by atoms with van der Waals surface area (Å²) in [6.45, 7) is 3.54. The van der Waals surface area contributed by atoms with Crippen molar-refractivity contribution in [1.82, 2.24) is 9.78 Å². The van der Waals surface area contributed by atoms with Gasteiger partial charge in [-0.3, -0.25) is 4.68 Å². The molecular weight excluding hydrogens is 262 g/mol. The van der Waals surface area contributed by atoms with Crippen molar-refractivity contribution in [1.29, 1.82) is 0 Å². The summed E-state index contributed by atoms with van der Waals surface area (Å²) in [7, 11) is 1.79. The molecule has 0 amide bonds. The lowest BCUT2D eigenvalue weighted by atomic mass is 10.0. The van der Waals surface area contributed by atoms with Crippen LogP contribution in [0.1, 0.15) is 35.5 Å². The van der Waals surface area contributed by atoms with Crippen LogP contribution in [0.25, 0.3) is 0 Å². The van der Waals surface area contributed by atoms with Gasteiger partial charge in [0.05, 0.1) is 11.8 Å². The number of hydrogen-bond donors (Lipinski definition) is 1. The Balaban J connectivity index is 2.25. The molecule has 1 aromatic carbocycles. The molecule has 0 saturated heterocycles. The molecule has 0 bridgehead atoms. The van der Waals surface area contributed by atoms with Gasteiger partial charge in [0.15, 0.2) is 0 Å². The first-order valence-corrected chi connectivity index (χ1v) is 6.57. The molecule has 2 rings (SSSR count). The molecule has 0 aliphatic heterocycles. The lowest BCUT2D eigenvalue weighted by Gasteiger charge is -2.13. The maximum Gasteiger partial charge on any atom is 0.131 e. The smallest absolute Gasteiger partial charge is 0.131 e. The van der Waals surface area contributed by atoms with E-state index in [9.17, 15) is 13.9 Å². The van der Waals surface area contributed by atoms with Crippen molar-refractivity contribution in [3.63, 3.8) is 0 Å². The standard InChI is InChI=1S/C15H18F2N2O/c1-4-10-6-11(19(3)18-10)7-15(20)12-5-9(2)13(16)8-14(12)17/h5-6,8,15,20H,4,7H2,1-3H3. The Morgan fingerprint density at radius 3 is 2.55 bits per heavy atom. The highest BCUT2D eigenvalue weighted by atomic mass is 19.1. The largest absolute Gasteiger partial charge is 0.388 e. The van der Waals surface area contributed by atoms with E-state index < -0.39 is 17.7 Å². The van der Waals surface area contributed by atoms with Crippen LogP contribution in [0, 0.1) is 18.6 Å². The molecule has 0 aliphatic rings. The molecular formula is C15H18F2N2O. The average Bonchev–Trinajstić information content (AvgIpc) is 2.74. The molecule has 0 fully saturated rings. The van der Waals surface area contributed by atoms with Crippen LogP contribution in [0.15, 0.2) is 18.2 Å². The Kier molecular flexibility index (Phi) is 4.18. The molecule has 2 aromatic rings. The van der Waals surface area contributed by atoms with Gasteiger partial charge in [-0.2, -0.15) is 5.10 Å². The monoisotopic (exact) mass is 280 g/mol. The maximum absolute atomic E-state index is 13.7. The topological polar surface area (TPSA) is 38.0 Å². The molecule has 5 heteroatoms. The minimum absolute atomic E-state index is 0.114. The van der Waals surface area contributed by atoms with Crippen LogP contribution in [0.5, 0.6) is 0 Å². The summed E-state index contributed by atoms with van der Waals surface area (Å²) in [6, 6.07) is 4.05. The van der Waals surface area contributed by atoms with Crippen LogP contribution >= 0.6 is 0 Å². The van der Waals surface area contributed by atoms with Crippen LogP contribution in [0.3, 0.4) is 0 Å². The summed E-state index contributed by atoms with van der Waals surface area (Å²) in [5, 5.41) is 14.5. The van der Waals surface area contributed by atoms with Gasteiger partial charge >= 0.3 is 0 Å². The SMILES string of the molecule is CCc1cc(CC(O)c2cc(C)c(F)cc2F)n(C)n1. The number of benzene rings is 1. The van der Waals surface area contributed by atoms with Crippen LogP contribution < -0.4 is 0 Å². The highest BCUT2D eigenvalue weighted by Crippen LogP contribution is 2.24. The number of halogens is 2. The first-order chi connectivity index (χ1) is 9.42. The van der Waals surface area contributed by atoms with Crippen LogP contribution in [0.2, 0.25) is 0 Å².